The number of aryl methyl sites for hydroxylation is 1. The fourth-order valence-corrected chi connectivity index (χ4v) is 4.66. The Labute approximate surface area is 194 Å². The average Bonchev–Trinajstić information content (AvgIpc) is 3.34. The van der Waals surface area contributed by atoms with Gasteiger partial charge in [0.2, 0.25) is 5.91 Å². The Kier molecular flexibility index (Phi) is 5.90. The highest BCUT2D eigenvalue weighted by Crippen LogP contribution is 2.35. The summed E-state index contributed by atoms with van der Waals surface area (Å²) in [5, 5.41) is 0. The van der Waals surface area contributed by atoms with Gasteiger partial charge in [0.05, 0.1) is 25.3 Å². The number of ether oxygens (including phenoxy) is 3. The van der Waals surface area contributed by atoms with Crippen LogP contribution in [-0.4, -0.2) is 42.7 Å². The van der Waals surface area contributed by atoms with Gasteiger partial charge in [-0.15, -0.1) is 0 Å². The molecule has 0 spiro atoms. The zero-order chi connectivity index (χ0) is 22.8. The molecule has 1 amide bonds. The van der Waals surface area contributed by atoms with Crippen LogP contribution in [0.3, 0.4) is 0 Å². The largest absolute Gasteiger partial charge is 0.497 e. The summed E-state index contributed by atoms with van der Waals surface area (Å²) >= 11 is 0. The molecule has 3 heterocycles. The van der Waals surface area contributed by atoms with Gasteiger partial charge < -0.3 is 19.1 Å². The standard InChI is InChI=1S/C27H28N2O4/c1-18-14-21(20-6-8-22(31-2)9-7-20)17-23(28-18)24-4-3-11-29(24)27(30)16-19-5-10-25-26(15-19)33-13-12-32-25/h5-10,14-15,17,24H,3-4,11-13,16H2,1-2H3. The number of hydrogen-bond acceptors (Lipinski definition) is 5. The van der Waals surface area contributed by atoms with Crippen molar-refractivity contribution in [3.8, 4) is 28.4 Å². The normalized spacial score (nSPS) is 17.2. The third-order valence-corrected chi connectivity index (χ3v) is 6.27. The van der Waals surface area contributed by atoms with E-state index in [-0.39, 0.29) is 11.9 Å². The lowest BCUT2D eigenvalue weighted by Crippen LogP contribution is -2.32. The van der Waals surface area contributed by atoms with Gasteiger partial charge in [0.1, 0.15) is 19.0 Å². The number of hydrogen-bond donors (Lipinski definition) is 0. The first-order chi connectivity index (χ1) is 16.1. The summed E-state index contributed by atoms with van der Waals surface area (Å²) in [6, 6.07) is 18.0. The number of aromatic nitrogens is 1. The van der Waals surface area contributed by atoms with Crippen molar-refractivity contribution in [2.75, 3.05) is 26.9 Å². The van der Waals surface area contributed by atoms with Gasteiger partial charge in [-0.05, 0) is 72.9 Å². The van der Waals surface area contributed by atoms with Crippen LogP contribution in [0.4, 0.5) is 0 Å². The van der Waals surface area contributed by atoms with Crippen LogP contribution in [0, 0.1) is 6.92 Å². The number of methoxy groups -OCH3 is 1. The van der Waals surface area contributed by atoms with E-state index in [0.717, 1.165) is 59.0 Å². The van der Waals surface area contributed by atoms with Crippen LogP contribution in [0.25, 0.3) is 11.1 Å². The minimum absolute atomic E-state index is 0.00777. The zero-order valence-corrected chi connectivity index (χ0v) is 19.0. The molecule has 5 rings (SSSR count). The highest BCUT2D eigenvalue weighted by Gasteiger charge is 2.31. The summed E-state index contributed by atoms with van der Waals surface area (Å²) in [5.74, 6) is 2.40. The highest BCUT2D eigenvalue weighted by molar-refractivity contribution is 5.80. The Morgan fingerprint density at radius 3 is 2.61 bits per heavy atom. The first-order valence-electron chi connectivity index (χ1n) is 11.4. The molecule has 0 saturated carbocycles. The van der Waals surface area contributed by atoms with Crippen molar-refractivity contribution in [3.63, 3.8) is 0 Å². The van der Waals surface area contributed by atoms with E-state index in [2.05, 4.69) is 24.3 Å². The number of nitrogens with zero attached hydrogens (tertiary/aromatic N) is 2. The molecule has 6 heteroatoms. The van der Waals surface area contributed by atoms with Gasteiger partial charge in [-0.3, -0.25) is 9.78 Å². The second-order valence-corrected chi connectivity index (χ2v) is 8.55. The first-order valence-corrected chi connectivity index (χ1v) is 11.4. The van der Waals surface area contributed by atoms with Crippen LogP contribution >= 0.6 is 0 Å². The second-order valence-electron chi connectivity index (χ2n) is 8.55. The van der Waals surface area contributed by atoms with Crippen molar-refractivity contribution in [1.82, 2.24) is 9.88 Å². The third kappa shape index (κ3) is 4.51. The van der Waals surface area contributed by atoms with E-state index in [9.17, 15) is 4.79 Å². The van der Waals surface area contributed by atoms with Crippen LogP contribution in [0.2, 0.25) is 0 Å². The molecular formula is C27H28N2O4. The molecule has 0 aliphatic carbocycles. The smallest absolute Gasteiger partial charge is 0.227 e. The summed E-state index contributed by atoms with van der Waals surface area (Å²) < 4.78 is 16.6. The van der Waals surface area contributed by atoms with Gasteiger partial charge in [-0.2, -0.15) is 0 Å². The van der Waals surface area contributed by atoms with Crippen LogP contribution in [0.15, 0.2) is 54.6 Å². The zero-order valence-electron chi connectivity index (χ0n) is 19.0. The molecule has 1 saturated heterocycles. The van der Waals surface area contributed by atoms with Crippen molar-refractivity contribution in [3.05, 3.63) is 71.5 Å². The predicted octanol–water partition coefficient (Wildman–Crippen LogP) is 4.74. The lowest BCUT2D eigenvalue weighted by Gasteiger charge is -2.25. The maximum atomic E-state index is 13.3. The maximum absolute atomic E-state index is 13.3. The maximum Gasteiger partial charge on any atom is 0.227 e. The molecule has 3 aromatic rings. The molecule has 1 unspecified atom stereocenters. The van der Waals surface area contributed by atoms with E-state index in [1.807, 2.05) is 42.2 Å². The number of carbonyl (C=O) groups is 1. The third-order valence-electron chi connectivity index (χ3n) is 6.27. The van der Waals surface area contributed by atoms with Crippen LogP contribution in [0.5, 0.6) is 17.2 Å². The fourth-order valence-electron chi connectivity index (χ4n) is 4.66. The van der Waals surface area contributed by atoms with E-state index in [1.165, 1.54) is 0 Å². The molecule has 0 N–H and O–H groups in total. The molecule has 2 aromatic carbocycles. The number of pyridine rings is 1. The van der Waals surface area contributed by atoms with E-state index < -0.39 is 0 Å². The Balaban J connectivity index is 1.36. The van der Waals surface area contributed by atoms with Gasteiger partial charge in [0.25, 0.3) is 0 Å². The lowest BCUT2D eigenvalue weighted by atomic mass is 10.0. The quantitative estimate of drug-likeness (QED) is 0.569. The van der Waals surface area contributed by atoms with E-state index in [4.69, 9.17) is 19.2 Å². The van der Waals surface area contributed by atoms with Crippen molar-refractivity contribution in [1.29, 1.82) is 0 Å². The van der Waals surface area contributed by atoms with Gasteiger partial charge >= 0.3 is 0 Å². The fraction of sp³-hybridized carbons (Fsp3) is 0.333. The Morgan fingerprint density at radius 2 is 1.82 bits per heavy atom. The van der Waals surface area contributed by atoms with Crippen molar-refractivity contribution in [2.24, 2.45) is 0 Å². The molecule has 1 atom stereocenters. The first kappa shape index (κ1) is 21.3. The second kappa shape index (κ2) is 9.14. The number of fused-ring (bicyclic) bond motifs is 1. The molecular weight excluding hydrogens is 416 g/mol. The molecule has 0 bridgehead atoms. The minimum atomic E-state index is -0.00777. The number of carbonyl (C=O) groups excluding carboxylic acids is 1. The van der Waals surface area contributed by atoms with Crippen LogP contribution in [-0.2, 0) is 11.2 Å². The van der Waals surface area contributed by atoms with E-state index in [1.54, 1.807) is 7.11 Å². The van der Waals surface area contributed by atoms with Gasteiger partial charge in [-0.1, -0.05) is 18.2 Å². The highest BCUT2D eigenvalue weighted by atomic mass is 16.6. The number of amides is 1. The summed E-state index contributed by atoms with van der Waals surface area (Å²) in [7, 11) is 1.67. The van der Waals surface area contributed by atoms with Crippen LogP contribution < -0.4 is 14.2 Å². The summed E-state index contributed by atoms with van der Waals surface area (Å²) in [6.07, 6.45) is 2.24. The predicted molar refractivity (Wildman–Crippen MR) is 126 cm³/mol. The van der Waals surface area contributed by atoms with Crippen LogP contribution in [0.1, 0.15) is 35.8 Å². The molecule has 2 aliphatic heterocycles. The molecule has 2 aliphatic rings. The molecule has 6 nitrogen and oxygen atoms in total. The molecule has 1 fully saturated rings. The average molecular weight is 445 g/mol. The summed E-state index contributed by atoms with van der Waals surface area (Å²) in [4.78, 5) is 20.1. The Morgan fingerprint density at radius 1 is 1.03 bits per heavy atom. The molecule has 1 aromatic heterocycles. The monoisotopic (exact) mass is 444 g/mol. The topological polar surface area (TPSA) is 60.9 Å². The van der Waals surface area contributed by atoms with Gasteiger partial charge in [0, 0.05) is 12.2 Å². The number of likely N-dealkylation sites (tertiary alicyclic amines) is 1. The van der Waals surface area contributed by atoms with E-state index in [0.29, 0.717) is 25.4 Å². The number of benzene rings is 2. The number of rotatable bonds is 5. The Bertz CT molecular complexity index is 1160. The van der Waals surface area contributed by atoms with Crippen molar-refractivity contribution in [2.45, 2.75) is 32.2 Å². The SMILES string of the molecule is COc1ccc(-c2cc(C)nc(C3CCCN3C(=O)Cc3ccc4c(c3)OCCO4)c2)cc1. The lowest BCUT2D eigenvalue weighted by molar-refractivity contribution is -0.131. The van der Waals surface area contributed by atoms with Gasteiger partial charge in [-0.25, -0.2) is 0 Å². The minimum Gasteiger partial charge on any atom is -0.497 e. The molecule has 33 heavy (non-hydrogen) atoms. The Hall–Kier alpha value is -3.54. The summed E-state index contributed by atoms with van der Waals surface area (Å²) in [5.41, 5.74) is 5.05. The summed E-state index contributed by atoms with van der Waals surface area (Å²) in [6.45, 7) is 3.85. The molecule has 170 valence electrons. The molecule has 0 radical (unpaired) electrons. The van der Waals surface area contributed by atoms with Crippen molar-refractivity contribution < 1.29 is 19.0 Å². The van der Waals surface area contributed by atoms with Gasteiger partial charge in [0.15, 0.2) is 11.5 Å². The van der Waals surface area contributed by atoms with E-state index >= 15 is 0 Å². The van der Waals surface area contributed by atoms with Crippen molar-refractivity contribution >= 4 is 5.91 Å².